The SMILES string of the molecule is O=C(CNC(=O)c1ccccc1OC(F)F)NCC(c1ccccc1)N1CCCC1. The zero-order chi connectivity index (χ0) is 21.3. The van der Waals surface area contributed by atoms with Crippen LogP contribution in [0.25, 0.3) is 0 Å². The molecule has 30 heavy (non-hydrogen) atoms. The van der Waals surface area contributed by atoms with Gasteiger partial charge in [0.2, 0.25) is 5.91 Å². The summed E-state index contributed by atoms with van der Waals surface area (Å²) in [6.07, 6.45) is 2.26. The van der Waals surface area contributed by atoms with Crippen molar-refractivity contribution in [1.82, 2.24) is 15.5 Å². The van der Waals surface area contributed by atoms with Gasteiger partial charge in [0.15, 0.2) is 0 Å². The highest BCUT2D eigenvalue weighted by Gasteiger charge is 2.24. The number of carbonyl (C=O) groups excluding carboxylic acids is 2. The Labute approximate surface area is 174 Å². The molecule has 1 unspecified atom stereocenters. The van der Waals surface area contributed by atoms with E-state index in [4.69, 9.17) is 0 Å². The topological polar surface area (TPSA) is 70.7 Å². The standard InChI is InChI=1S/C22H25F2N3O3/c23-22(24)30-19-11-5-4-10-17(19)21(29)26-15-20(28)25-14-18(27-12-6-7-13-27)16-8-2-1-3-9-16/h1-5,8-11,18,22H,6-7,12-15H2,(H,25,28)(H,26,29). The van der Waals surface area contributed by atoms with E-state index >= 15 is 0 Å². The Hall–Kier alpha value is -3.00. The average Bonchev–Trinajstić information content (AvgIpc) is 3.27. The number of hydrogen-bond donors (Lipinski definition) is 2. The van der Waals surface area contributed by atoms with E-state index in [-0.39, 0.29) is 29.8 Å². The summed E-state index contributed by atoms with van der Waals surface area (Å²) < 4.78 is 29.4. The van der Waals surface area contributed by atoms with E-state index in [1.54, 1.807) is 0 Å². The van der Waals surface area contributed by atoms with Gasteiger partial charge in [-0.1, -0.05) is 42.5 Å². The van der Waals surface area contributed by atoms with E-state index in [0.717, 1.165) is 31.5 Å². The van der Waals surface area contributed by atoms with Gasteiger partial charge in [-0.2, -0.15) is 8.78 Å². The number of likely N-dealkylation sites (tertiary alicyclic amines) is 1. The molecule has 1 heterocycles. The zero-order valence-corrected chi connectivity index (χ0v) is 16.5. The largest absolute Gasteiger partial charge is 0.434 e. The fourth-order valence-corrected chi connectivity index (χ4v) is 3.57. The highest BCUT2D eigenvalue weighted by Crippen LogP contribution is 2.24. The molecular weight excluding hydrogens is 392 g/mol. The lowest BCUT2D eigenvalue weighted by molar-refractivity contribution is -0.120. The molecule has 2 aromatic rings. The lowest BCUT2D eigenvalue weighted by Gasteiger charge is -2.28. The molecule has 0 aliphatic carbocycles. The van der Waals surface area contributed by atoms with Gasteiger partial charge in [-0.15, -0.1) is 0 Å². The van der Waals surface area contributed by atoms with Gasteiger partial charge in [0, 0.05) is 6.54 Å². The average molecular weight is 417 g/mol. The van der Waals surface area contributed by atoms with Crippen LogP contribution in [0.4, 0.5) is 8.78 Å². The van der Waals surface area contributed by atoms with Crippen molar-refractivity contribution in [2.45, 2.75) is 25.5 Å². The molecule has 8 heteroatoms. The van der Waals surface area contributed by atoms with Crippen LogP contribution in [-0.4, -0.2) is 49.5 Å². The minimum absolute atomic E-state index is 0.0511. The molecule has 2 aromatic carbocycles. The van der Waals surface area contributed by atoms with Crippen LogP contribution in [0.2, 0.25) is 0 Å². The Morgan fingerprint density at radius 2 is 1.63 bits per heavy atom. The molecule has 160 valence electrons. The Kier molecular flexibility index (Phi) is 7.73. The summed E-state index contributed by atoms with van der Waals surface area (Å²) in [6, 6.07) is 15.7. The van der Waals surface area contributed by atoms with Gasteiger partial charge in [-0.25, -0.2) is 0 Å². The summed E-state index contributed by atoms with van der Waals surface area (Å²) in [5, 5.41) is 5.32. The third-order valence-electron chi connectivity index (χ3n) is 5.02. The van der Waals surface area contributed by atoms with E-state index in [0.29, 0.717) is 6.54 Å². The molecule has 0 bridgehead atoms. The minimum Gasteiger partial charge on any atom is -0.434 e. The second-order valence-corrected chi connectivity index (χ2v) is 7.03. The Morgan fingerprint density at radius 1 is 0.967 bits per heavy atom. The summed E-state index contributed by atoms with van der Waals surface area (Å²) in [5.41, 5.74) is 1.08. The first-order valence-electron chi connectivity index (χ1n) is 9.92. The van der Waals surface area contributed by atoms with Crippen LogP contribution in [0.1, 0.15) is 34.8 Å². The first-order chi connectivity index (χ1) is 14.5. The number of halogens is 2. The maximum absolute atomic E-state index is 12.5. The minimum atomic E-state index is -3.04. The fraction of sp³-hybridized carbons (Fsp3) is 0.364. The lowest BCUT2D eigenvalue weighted by atomic mass is 10.1. The van der Waals surface area contributed by atoms with Crippen molar-refractivity contribution < 1.29 is 23.1 Å². The van der Waals surface area contributed by atoms with Crippen molar-refractivity contribution in [3.05, 3.63) is 65.7 Å². The maximum Gasteiger partial charge on any atom is 0.387 e. The molecule has 1 saturated heterocycles. The second-order valence-electron chi connectivity index (χ2n) is 7.03. The summed E-state index contributed by atoms with van der Waals surface area (Å²) in [5.74, 6) is -1.24. The van der Waals surface area contributed by atoms with E-state index < -0.39 is 12.5 Å². The predicted octanol–water partition coefficient (Wildman–Crippen LogP) is 2.97. The molecule has 2 amide bonds. The lowest BCUT2D eigenvalue weighted by Crippen LogP contribution is -2.41. The van der Waals surface area contributed by atoms with Crippen LogP contribution >= 0.6 is 0 Å². The van der Waals surface area contributed by atoms with E-state index in [2.05, 4.69) is 20.3 Å². The highest BCUT2D eigenvalue weighted by atomic mass is 19.3. The van der Waals surface area contributed by atoms with Crippen molar-refractivity contribution in [1.29, 1.82) is 0 Å². The van der Waals surface area contributed by atoms with Crippen molar-refractivity contribution >= 4 is 11.8 Å². The third-order valence-corrected chi connectivity index (χ3v) is 5.02. The summed E-state index contributed by atoms with van der Waals surface area (Å²) in [7, 11) is 0. The Bertz CT molecular complexity index is 843. The number of rotatable bonds is 9. The molecule has 3 rings (SSSR count). The van der Waals surface area contributed by atoms with Crippen LogP contribution in [0.3, 0.4) is 0 Å². The number of ether oxygens (including phenoxy) is 1. The van der Waals surface area contributed by atoms with Crippen molar-refractivity contribution in [3.8, 4) is 5.75 Å². The third kappa shape index (κ3) is 6.00. The van der Waals surface area contributed by atoms with Gasteiger partial charge in [0.25, 0.3) is 5.91 Å². The molecule has 0 saturated carbocycles. The normalized spacial score (nSPS) is 15.0. The number of nitrogens with one attached hydrogen (secondary N) is 2. The van der Waals surface area contributed by atoms with Gasteiger partial charge in [-0.05, 0) is 43.6 Å². The first kappa shape index (κ1) is 21.7. The van der Waals surface area contributed by atoms with Crippen LogP contribution < -0.4 is 15.4 Å². The van der Waals surface area contributed by atoms with Gasteiger partial charge in [-0.3, -0.25) is 14.5 Å². The molecule has 0 spiro atoms. The number of alkyl halides is 2. The predicted molar refractivity (Wildman–Crippen MR) is 108 cm³/mol. The Morgan fingerprint density at radius 3 is 2.33 bits per heavy atom. The number of nitrogens with zero attached hydrogens (tertiary/aromatic N) is 1. The van der Waals surface area contributed by atoms with Gasteiger partial charge >= 0.3 is 6.61 Å². The monoisotopic (exact) mass is 417 g/mol. The molecule has 6 nitrogen and oxygen atoms in total. The first-order valence-corrected chi connectivity index (χ1v) is 9.92. The highest BCUT2D eigenvalue weighted by molar-refractivity contribution is 5.98. The van der Waals surface area contributed by atoms with Gasteiger partial charge in [0.1, 0.15) is 5.75 Å². The number of hydrogen-bond acceptors (Lipinski definition) is 4. The van der Waals surface area contributed by atoms with Crippen LogP contribution in [0.5, 0.6) is 5.75 Å². The Balaban J connectivity index is 1.54. The fourth-order valence-electron chi connectivity index (χ4n) is 3.57. The molecule has 1 aliphatic rings. The van der Waals surface area contributed by atoms with E-state index in [9.17, 15) is 18.4 Å². The number of benzene rings is 2. The number of carbonyl (C=O) groups is 2. The quantitative estimate of drug-likeness (QED) is 0.658. The van der Waals surface area contributed by atoms with Crippen molar-refractivity contribution in [3.63, 3.8) is 0 Å². The smallest absolute Gasteiger partial charge is 0.387 e. The van der Waals surface area contributed by atoms with Gasteiger partial charge in [0.05, 0.1) is 18.2 Å². The van der Waals surface area contributed by atoms with E-state index in [1.807, 2.05) is 30.3 Å². The summed E-state index contributed by atoms with van der Waals surface area (Å²) in [4.78, 5) is 26.9. The van der Waals surface area contributed by atoms with Crippen molar-refractivity contribution in [2.24, 2.45) is 0 Å². The van der Waals surface area contributed by atoms with E-state index in [1.165, 1.54) is 24.3 Å². The van der Waals surface area contributed by atoms with Crippen LogP contribution in [0.15, 0.2) is 54.6 Å². The molecule has 1 aliphatic heterocycles. The molecular formula is C22H25F2N3O3. The van der Waals surface area contributed by atoms with Crippen LogP contribution in [-0.2, 0) is 4.79 Å². The van der Waals surface area contributed by atoms with Crippen LogP contribution in [0, 0.1) is 0 Å². The number of amides is 2. The second kappa shape index (κ2) is 10.7. The van der Waals surface area contributed by atoms with Crippen molar-refractivity contribution in [2.75, 3.05) is 26.2 Å². The maximum atomic E-state index is 12.5. The summed E-state index contributed by atoms with van der Waals surface area (Å²) in [6.45, 7) is -0.921. The molecule has 1 atom stereocenters. The molecule has 2 N–H and O–H groups in total. The van der Waals surface area contributed by atoms with Gasteiger partial charge < -0.3 is 15.4 Å². The zero-order valence-electron chi connectivity index (χ0n) is 16.5. The molecule has 0 aromatic heterocycles. The number of para-hydroxylation sites is 1. The molecule has 1 fully saturated rings. The molecule has 0 radical (unpaired) electrons. The summed E-state index contributed by atoms with van der Waals surface area (Å²) >= 11 is 0.